The third-order valence-corrected chi connectivity index (χ3v) is 3.88. The number of aryl methyl sites for hydroxylation is 1. The number of halogens is 1. The van der Waals surface area contributed by atoms with Gasteiger partial charge in [-0.1, -0.05) is 6.07 Å². The molecule has 1 aromatic heterocycles. The van der Waals surface area contributed by atoms with E-state index in [0.717, 1.165) is 28.1 Å². The Labute approximate surface area is 127 Å². The lowest BCUT2D eigenvalue weighted by Gasteiger charge is -2.09. The second-order valence-corrected chi connectivity index (χ2v) is 6.07. The Bertz CT molecular complexity index is 611. The van der Waals surface area contributed by atoms with Gasteiger partial charge in [0.05, 0.1) is 10.7 Å². The molecular formula is C16H17BrN2O. The molecule has 0 bridgehead atoms. The van der Waals surface area contributed by atoms with E-state index in [0.29, 0.717) is 6.04 Å². The lowest BCUT2D eigenvalue weighted by molar-refractivity contribution is 0.475. The maximum atomic E-state index is 5.89. The van der Waals surface area contributed by atoms with Gasteiger partial charge in [-0.25, -0.2) is 0 Å². The van der Waals surface area contributed by atoms with Gasteiger partial charge in [0.2, 0.25) is 0 Å². The lowest BCUT2D eigenvalue weighted by atomic mass is 10.2. The van der Waals surface area contributed by atoms with Crippen molar-refractivity contribution in [3.8, 4) is 11.5 Å². The molecule has 3 nitrogen and oxygen atoms in total. The van der Waals surface area contributed by atoms with Gasteiger partial charge in [-0.15, -0.1) is 0 Å². The summed E-state index contributed by atoms with van der Waals surface area (Å²) in [5, 5.41) is 3.48. The molecule has 1 N–H and O–H groups in total. The Morgan fingerprint density at radius 1 is 1.30 bits per heavy atom. The zero-order valence-corrected chi connectivity index (χ0v) is 13.0. The molecule has 0 spiro atoms. The highest BCUT2D eigenvalue weighted by Gasteiger charge is 2.20. The predicted molar refractivity (Wildman–Crippen MR) is 83.1 cm³/mol. The molecule has 0 aliphatic heterocycles. The van der Waals surface area contributed by atoms with Gasteiger partial charge in [-0.2, -0.15) is 0 Å². The minimum Gasteiger partial charge on any atom is -0.455 e. The summed E-state index contributed by atoms with van der Waals surface area (Å²) in [6, 6.07) is 8.78. The Kier molecular flexibility index (Phi) is 4.03. The third kappa shape index (κ3) is 3.58. The Morgan fingerprint density at radius 3 is 2.90 bits per heavy atom. The molecule has 104 valence electrons. The molecule has 1 aliphatic rings. The minimum atomic E-state index is 0.700. The smallest absolute Gasteiger partial charge is 0.146 e. The van der Waals surface area contributed by atoms with Gasteiger partial charge in [0.1, 0.15) is 11.5 Å². The van der Waals surface area contributed by atoms with Crippen molar-refractivity contribution in [2.24, 2.45) is 0 Å². The molecule has 3 rings (SSSR count). The Balaban J connectivity index is 1.70. The van der Waals surface area contributed by atoms with E-state index >= 15 is 0 Å². The van der Waals surface area contributed by atoms with E-state index in [9.17, 15) is 0 Å². The fourth-order valence-electron chi connectivity index (χ4n) is 1.98. The topological polar surface area (TPSA) is 34.1 Å². The summed E-state index contributed by atoms with van der Waals surface area (Å²) in [5.74, 6) is 1.58. The summed E-state index contributed by atoms with van der Waals surface area (Å²) in [5.41, 5.74) is 2.35. The maximum absolute atomic E-state index is 5.89. The number of hydrogen-bond acceptors (Lipinski definition) is 3. The van der Waals surface area contributed by atoms with Crippen LogP contribution in [0.2, 0.25) is 0 Å². The number of benzene rings is 1. The molecule has 0 radical (unpaired) electrons. The van der Waals surface area contributed by atoms with Crippen LogP contribution >= 0.6 is 15.9 Å². The van der Waals surface area contributed by atoms with Gasteiger partial charge in [-0.3, -0.25) is 4.98 Å². The average molecular weight is 333 g/mol. The van der Waals surface area contributed by atoms with Crippen LogP contribution in [0.25, 0.3) is 0 Å². The number of nitrogens with zero attached hydrogens (tertiary/aromatic N) is 1. The van der Waals surface area contributed by atoms with E-state index in [2.05, 4.69) is 33.2 Å². The quantitative estimate of drug-likeness (QED) is 0.891. The fourth-order valence-corrected chi connectivity index (χ4v) is 2.56. The molecule has 1 aromatic carbocycles. The molecule has 2 aromatic rings. The van der Waals surface area contributed by atoms with Crippen molar-refractivity contribution in [2.45, 2.75) is 32.4 Å². The number of pyridine rings is 1. The number of rotatable bonds is 5. The fraction of sp³-hybridized carbons (Fsp3) is 0.312. The summed E-state index contributed by atoms with van der Waals surface area (Å²) < 4.78 is 6.85. The van der Waals surface area contributed by atoms with E-state index < -0.39 is 0 Å². The van der Waals surface area contributed by atoms with Crippen LogP contribution in [0.15, 0.2) is 41.1 Å². The summed E-state index contributed by atoms with van der Waals surface area (Å²) >= 11 is 3.52. The van der Waals surface area contributed by atoms with Crippen LogP contribution in [-0.4, -0.2) is 11.0 Å². The zero-order chi connectivity index (χ0) is 13.9. The molecule has 0 unspecified atom stereocenters. The van der Waals surface area contributed by atoms with Gasteiger partial charge in [0.25, 0.3) is 0 Å². The van der Waals surface area contributed by atoms with Gasteiger partial charge >= 0.3 is 0 Å². The average Bonchev–Trinajstić information content (AvgIpc) is 3.24. The van der Waals surface area contributed by atoms with E-state index in [1.54, 1.807) is 6.20 Å². The zero-order valence-electron chi connectivity index (χ0n) is 11.4. The molecule has 0 saturated heterocycles. The molecule has 4 heteroatoms. The summed E-state index contributed by atoms with van der Waals surface area (Å²) in [6.07, 6.45) is 6.21. The number of aromatic nitrogens is 1. The van der Waals surface area contributed by atoms with E-state index in [1.165, 1.54) is 18.4 Å². The molecule has 20 heavy (non-hydrogen) atoms. The monoisotopic (exact) mass is 332 g/mol. The van der Waals surface area contributed by atoms with Gasteiger partial charge < -0.3 is 10.1 Å². The van der Waals surface area contributed by atoms with E-state index in [4.69, 9.17) is 4.74 Å². The first-order valence-electron chi connectivity index (χ1n) is 6.82. The largest absolute Gasteiger partial charge is 0.455 e. The lowest BCUT2D eigenvalue weighted by Crippen LogP contribution is -2.15. The van der Waals surface area contributed by atoms with Crippen LogP contribution in [0.5, 0.6) is 11.5 Å². The SMILES string of the molecule is Cc1ccc(Oc2cncc(CNC3CC3)c2)c(Br)c1. The molecule has 1 saturated carbocycles. The molecule has 1 heterocycles. The maximum Gasteiger partial charge on any atom is 0.146 e. The van der Waals surface area contributed by atoms with Crippen molar-refractivity contribution in [3.63, 3.8) is 0 Å². The van der Waals surface area contributed by atoms with Crippen LogP contribution in [0.4, 0.5) is 0 Å². The normalized spacial score (nSPS) is 14.3. The first kappa shape index (κ1) is 13.6. The predicted octanol–water partition coefficient (Wildman–Crippen LogP) is 4.20. The Hall–Kier alpha value is -1.39. The molecule has 1 aliphatic carbocycles. The Morgan fingerprint density at radius 2 is 2.15 bits per heavy atom. The van der Waals surface area contributed by atoms with Gasteiger partial charge in [-0.05, 0) is 65.0 Å². The highest BCUT2D eigenvalue weighted by molar-refractivity contribution is 9.10. The van der Waals surface area contributed by atoms with Crippen molar-refractivity contribution in [2.75, 3.05) is 0 Å². The van der Waals surface area contributed by atoms with Crippen molar-refractivity contribution in [3.05, 3.63) is 52.3 Å². The highest BCUT2D eigenvalue weighted by Crippen LogP contribution is 2.30. The van der Waals surface area contributed by atoms with Crippen LogP contribution in [0.3, 0.4) is 0 Å². The standard InChI is InChI=1S/C16H17BrN2O/c1-11-2-5-16(15(17)6-11)20-14-7-12(8-18-10-14)9-19-13-3-4-13/h2,5-8,10,13,19H,3-4,9H2,1H3. The molecule has 0 atom stereocenters. The van der Waals surface area contributed by atoms with Gasteiger partial charge in [0.15, 0.2) is 0 Å². The molecule has 0 amide bonds. The number of ether oxygens (including phenoxy) is 1. The van der Waals surface area contributed by atoms with Crippen molar-refractivity contribution in [1.82, 2.24) is 10.3 Å². The summed E-state index contributed by atoms with van der Waals surface area (Å²) in [6.45, 7) is 2.91. The van der Waals surface area contributed by atoms with Crippen LogP contribution in [0, 0.1) is 6.92 Å². The first-order valence-corrected chi connectivity index (χ1v) is 7.61. The van der Waals surface area contributed by atoms with Crippen LogP contribution in [0.1, 0.15) is 24.0 Å². The first-order chi connectivity index (χ1) is 9.70. The van der Waals surface area contributed by atoms with Crippen molar-refractivity contribution >= 4 is 15.9 Å². The highest BCUT2D eigenvalue weighted by atomic mass is 79.9. The van der Waals surface area contributed by atoms with E-state index in [-0.39, 0.29) is 0 Å². The second-order valence-electron chi connectivity index (χ2n) is 5.22. The van der Waals surface area contributed by atoms with Crippen LogP contribution in [-0.2, 0) is 6.54 Å². The number of hydrogen-bond donors (Lipinski definition) is 1. The molecular weight excluding hydrogens is 316 g/mol. The van der Waals surface area contributed by atoms with Crippen molar-refractivity contribution < 1.29 is 4.74 Å². The molecule has 1 fully saturated rings. The van der Waals surface area contributed by atoms with Gasteiger partial charge in [0, 0.05) is 18.8 Å². The number of nitrogens with one attached hydrogen (secondary N) is 1. The second kappa shape index (κ2) is 5.94. The van der Waals surface area contributed by atoms with Crippen LogP contribution < -0.4 is 10.1 Å². The summed E-state index contributed by atoms with van der Waals surface area (Å²) in [7, 11) is 0. The van der Waals surface area contributed by atoms with Crippen molar-refractivity contribution in [1.29, 1.82) is 0 Å². The third-order valence-electron chi connectivity index (χ3n) is 3.26. The van der Waals surface area contributed by atoms with E-state index in [1.807, 2.05) is 30.5 Å². The summed E-state index contributed by atoms with van der Waals surface area (Å²) in [4.78, 5) is 4.25. The minimum absolute atomic E-state index is 0.700.